The number of aliphatic carboxylic acids is 1. The van der Waals surface area contributed by atoms with Gasteiger partial charge in [-0.25, -0.2) is 0 Å². The molecule has 0 aliphatic heterocycles. The van der Waals surface area contributed by atoms with Gasteiger partial charge in [0, 0.05) is 77.0 Å². The molecule has 0 radical (unpaired) electrons. The third kappa shape index (κ3) is 23.3. The Balaban J connectivity index is -0.00000170. The van der Waals surface area contributed by atoms with Crippen LogP contribution in [0.3, 0.4) is 0 Å². The standard InChI is InChI=1S/C26H47N9O8.C7H12N2O4.C2H6/c1-10-28(2)20(37)12-30(4)22(39)14-32(6)24(41)16-34(8)26(43)18-35(9)25(42)17-33(7)23(40)15-31(5)21(38)13-29(3)19(36)11-27;1-8(5-10)3-6(11)9(2)4-7(12)13;1-2/h10-18,27H2,1-9H3;5H,3-4H2,1-2H3,(H,12,13);1-2H3. The number of carboxylic acids is 1. The van der Waals surface area contributed by atoms with Crippen LogP contribution < -0.4 is 5.73 Å². The van der Waals surface area contributed by atoms with Crippen molar-refractivity contribution >= 4 is 65.5 Å². The van der Waals surface area contributed by atoms with Gasteiger partial charge in [0.15, 0.2) is 0 Å². The molecule has 0 spiro atoms. The van der Waals surface area contributed by atoms with Crippen LogP contribution in [-0.4, -0.2) is 262 Å². The summed E-state index contributed by atoms with van der Waals surface area (Å²) >= 11 is 0. The molecule has 0 fully saturated rings. The molecule has 10 amide bonds. The number of amides is 10. The molecule has 0 atom stereocenters. The van der Waals surface area contributed by atoms with Crippen molar-refractivity contribution in [3.05, 3.63) is 0 Å². The first kappa shape index (κ1) is 56.5. The number of rotatable bonds is 21. The van der Waals surface area contributed by atoms with Crippen LogP contribution in [0.25, 0.3) is 0 Å². The summed E-state index contributed by atoms with van der Waals surface area (Å²) in [4.78, 5) is 142. The zero-order valence-electron chi connectivity index (χ0n) is 36.3. The molecule has 0 saturated heterocycles. The van der Waals surface area contributed by atoms with Gasteiger partial charge in [-0.1, -0.05) is 13.8 Å². The highest BCUT2D eigenvalue weighted by molar-refractivity contribution is 5.93. The van der Waals surface area contributed by atoms with E-state index < -0.39 is 53.2 Å². The van der Waals surface area contributed by atoms with Crippen LogP contribution in [0.5, 0.6) is 0 Å². The molecule has 0 unspecified atom stereocenters. The lowest BCUT2D eigenvalue weighted by molar-refractivity contribution is -0.146. The van der Waals surface area contributed by atoms with Gasteiger partial charge < -0.3 is 59.8 Å². The molecular formula is C35H65N11O12. The quantitative estimate of drug-likeness (QED) is 0.103. The third-order valence-corrected chi connectivity index (χ3v) is 8.02. The first-order valence-corrected chi connectivity index (χ1v) is 18.1. The van der Waals surface area contributed by atoms with Crippen molar-refractivity contribution in [1.82, 2.24) is 49.0 Å². The minimum Gasteiger partial charge on any atom is -0.480 e. The van der Waals surface area contributed by atoms with Crippen molar-refractivity contribution in [3.8, 4) is 0 Å². The molecule has 0 aliphatic rings. The van der Waals surface area contributed by atoms with E-state index in [4.69, 9.17) is 10.8 Å². The molecule has 0 aliphatic carbocycles. The fraction of sp³-hybridized carbons (Fsp3) is 0.686. The predicted octanol–water partition coefficient (Wildman–Crippen LogP) is -4.72. The molecule has 0 rings (SSSR count). The molecule has 0 aromatic carbocycles. The van der Waals surface area contributed by atoms with Crippen LogP contribution in [0.4, 0.5) is 0 Å². The molecule has 0 aromatic rings. The van der Waals surface area contributed by atoms with Crippen LogP contribution in [0.1, 0.15) is 20.8 Å². The number of nitrogens with two attached hydrogens (primary N) is 1. The smallest absolute Gasteiger partial charge is 0.323 e. The summed E-state index contributed by atoms with van der Waals surface area (Å²) in [6.45, 7) is 3.48. The fourth-order valence-corrected chi connectivity index (χ4v) is 3.88. The Bertz CT molecular complexity index is 1430. The normalized spacial score (nSPS) is 9.76. The van der Waals surface area contributed by atoms with E-state index in [1.807, 2.05) is 13.8 Å². The highest BCUT2D eigenvalue weighted by atomic mass is 16.4. The van der Waals surface area contributed by atoms with E-state index in [0.29, 0.717) is 13.0 Å². The fourth-order valence-electron chi connectivity index (χ4n) is 3.88. The lowest BCUT2D eigenvalue weighted by Crippen LogP contribution is -2.49. The van der Waals surface area contributed by atoms with Crippen molar-refractivity contribution in [2.75, 3.05) is 142 Å². The topological polar surface area (TPSA) is 266 Å². The first-order chi connectivity index (χ1) is 26.8. The van der Waals surface area contributed by atoms with E-state index in [-0.39, 0.29) is 71.4 Å². The van der Waals surface area contributed by atoms with Crippen molar-refractivity contribution in [2.24, 2.45) is 5.73 Å². The van der Waals surface area contributed by atoms with Gasteiger partial charge in [-0.2, -0.15) is 0 Å². The summed E-state index contributed by atoms with van der Waals surface area (Å²) < 4.78 is 0. The molecule has 58 heavy (non-hydrogen) atoms. The van der Waals surface area contributed by atoms with Gasteiger partial charge in [0.05, 0.1) is 58.9 Å². The number of hydrogen-bond acceptors (Lipinski definition) is 12. The number of carboxylic acid groups (broad SMARTS) is 1. The molecule has 0 aromatic heterocycles. The van der Waals surface area contributed by atoms with Gasteiger partial charge >= 0.3 is 5.97 Å². The van der Waals surface area contributed by atoms with Crippen molar-refractivity contribution in [2.45, 2.75) is 20.8 Å². The minimum atomic E-state index is -1.08. The third-order valence-electron chi connectivity index (χ3n) is 8.02. The van der Waals surface area contributed by atoms with Crippen LogP contribution in [0.2, 0.25) is 0 Å². The number of likely N-dealkylation sites (N-methyl/N-ethyl adjacent to an activating group) is 10. The number of carbonyl (C=O) groups is 11. The van der Waals surface area contributed by atoms with Crippen LogP contribution in [0, 0.1) is 0 Å². The van der Waals surface area contributed by atoms with E-state index in [0.717, 1.165) is 39.2 Å². The second kappa shape index (κ2) is 29.4. The first-order valence-electron chi connectivity index (χ1n) is 18.1. The van der Waals surface area contributed by atoms with Crippen molar-refractivity contribution in [1.29, 1.82) is 0 Å². The zero-order valence-corrected chi connectivity index (χ0v) is 36.3. The Kier molecular flexibility index (Phi) is 28.6. The molecule has 332 valence electrons. The van der Waals surface area contributed by atoms with Crippen molar-refractivity contribution in [3.63, 3.8) is 0 Å². The lowest BCUT2D eigenvalue weighted by Gasteiger charge is -2.27. The van der Waals surface area contributed by atoms with E-state index >= 15 is 0 Å². The summed E-state index contributed by atoms with van der Waals surface area (Å²) in [7, 11) is 14.2. The van der Waals surface area contributed by atoms with Gasteiger partial charge in [0.1, 0.15) is 6.54 Å². The molecule has 0 heterocycles. The predicted molar refractivity (Wildman–Crippen MR) is 211 cm³/mol. The van der Waals surface area contributed by atoms with Crippen LogP contribution in [0.15, 0.2) is 0 Å². The summed E-state index contributed by atoms with van der Waals surface area (Å²) in [6.07, 6.45) is 0.506. The van der Waals surface area contributed by atoms with E-state index in [9.17, 15) is 52.7 Å². The lowest BCUT2D eigenvalue weighted by atomic mass is 10.3. The van der Waals surface area contributed by atoms with Crippen molar-refractivity contribution < 1.29 is 57.8 Å². The monoisotopic (exact) mass is 831 g/mol. The Morgan fingerprint density at radius 1 is 0.397 bits per heavy atom. The second-order valence-corrected chi connectivity index (χ2v) is 13.0. The second-order valence-electron chi connectivity index (χ2n) is 13.0. The Morgan fingerprint density at radius 2 is 0.603 bits per heavy atom. The maximum absolute atomic E-state index is 12.6. The Hall–Kier alpha value is -5.87. The summed E-state index contributed by atoms with van der Waals surface area (Å²) in [5, 5.41) is 8.35. The van der Waals surface area contributed by atoms with Crippen LogP contribution in [-0.2, 0) is 52.7 Å². The highest BCUT2D eigenvalue weighted by Crippen LogP contribution is 1.99. The number of hydrogen-bond donors (Lipinski definition) is 2. The maximum atomic E-state index is 12.6. The van der Waals surface area contributed by atoms with Gasteiger partial charge in [-0.05, 0) is 6.92 Å². The minimum absolute atomic E-state index is 0.104. The van der Waals surface area contributed by atoms with Gasteiger partial charge in [0.25, 0.3) is 0 Å². The molecule has 0 bridgehead atoms. The zero-order chi connectivity index (χ0) is 46.0. The highest BCUT2D eigenvalue weighted by Gasteiger charge is 2.25. The largest absolute Gasteiger partial charge is 0.480 e. The van der Waals surface area contributed by atoms with Gasteiger partial charge in [-0.3, -0.25) is 52.7 Å². The Morgan fingerprint density at radius 3 is 0.810 bits per heavy atom. The average Bonchev–Trinajstić information content (AvgIpc) is 3.16. The van der Waals surface area contributed by atoms with E-state index in [2.05, 4.69) is 0 Å². The molecular weight excluding hydrogens is 766 g/mol. The maximum Gasteiger partial charge on any atom is 0.323 e. The Labute approximate surface area is 341 Å². The molecule has 23 heteroatoms. The van der Waals surface area contributed by atoms with E-state index in [1.54, 1.807) is 14.0 Å². The summed E-state index contributed by atoms with van der Waals surface area (Å²) in [5.74, 6) is -5.26. The number of nitrogens with zero attached hydrogens (tertiary/aromatic N) is 10. The average molecular weight is 832 g/mol. The summed E-state index contributed by atoms with van der Waals surface area (Å²) in [5.41, 5.74) is 5.27. The van der Waals surface area contributed by atoms with Crippen LogP contribution >= 0.6 is 0 Å². The molecule has 3 N–H and O–H groups in total. The van der Waals surface area contributed by atoms with Gasteiger partial charge in [-0.15, -0.1) is 0 Å². The molecule has 23 nitrogen and oxygen atoms in total. The number of carbonyl (C=O) groups excluding carboxylic acids is 10. The van der Waals surface area contributed by atoms with E-state index in [1.165, 1.54) is 73.2 Å². The SMILES string of the molecule is CC.CCN(C)C(=O)CN(C)C(=O)CN(C)C(=O)CN(C)C(=O)CN(C)C(=O)CN(C)C(=O)CN(C)C(=O)CN(C)C(=O)CN.CN(C=O)CC(=O)N(C)CC(=O)O. The summed E-state index contributed by atoms with van der Waals surface area (Å²) in [6, 6.07) is 0. The van der Waals surface area contributed by atoms with Gasteiger partial charge in [0.2, 0.25) is 59.6 Å². The molecule has 0 saturated carbocycles.